The molecule has 82 valence electrons. The zero-order valence-electron chi connectivity index (χ0n) is 9.31. The number of nitrogens with one attached hydrogen (secondary N) is 1. The Balaban J connectivity index is 0.000000457. The van der Waals surface area contributed by atoms with E-state index in [2.05, 4.69) is 27.1 Å². The van der Waals surface area contributed by atoms with Gasteiger partial charge in [-0.15, -0.1) is 10.2 Å². The Morgan fingerprint density at radius 3 is 2.88 bits per heavy atom. The molecular formula is C11H13N5. The molecule has 0 radical (unpaired) electrons. The van der Waals surface area contributed by atoms with Crippen molar-refractivity contribution >= 4 is 29.8 Å². The van der Waals surface area contributed by atoms with Gasteiger partial charge in [-0.25, -0.2) is 9.39 Å². The number of aliphatic imine (C=N–C) groups is 1. The third kappa shape index (κ3) is 1.46. The second kappa shape index (κ2) is 4.14. The maximum atomic E-state index is 4.05. The Hall–Kier alpha value is -2.17. The molecule has 1 aliphatic rings. The van der Waals surface area contributed by atoms with E-state index in [4.69, 9.17) is 0 Å². The Bertz CT molecular complexity index is 553. The van der Waals surface area contributed by atoms with Crippen LogP contribution in [0.4, 0.5) is 11.8 Å². The van der Waals surface area contributed by atoms with Gasteiger partial charge in [-0.1, -0.05) is 26.5 Å². The summed E-state index contributed by atoms with van der Waals surface area (Å²) in [5, 5.41) is 11.0. The van der Waals surface area contributed by atoms with Gasteiger partial charge in [0.05, 0.1) is 6.34 Å². The number of hydrogen-bond donors (Lipinski definition) is 1. The minimum atomic E-state index is 0.601. The molecule has 0 unspecified atom stereocenters. The van der Waals surface area contributed by atoms with E-state index in [1.807, 2.05) is 30.4 Å². The molecule has 2 aromatic rings. The predicted octanol–water partition coefficient (Wildman–Crippen LogP) is 2.48. The Labute approximate surface area is 93.5 Å². The molecular weight excluding hydrogens is 202 g/mol. The van der Waals surface area contributed by atoms with Crippen molar-refractivity contribution in [2.75, 3.05) is 5.32 Å². The average molecular weight is 215 g/mol. The summed E-state index contributed by atoms with van der Waals surface area (Å²) in [4.78, 5) is 4.05. The first-order valence-electron chi connectivity index (χ1n) is 5.19. The van der Waals surface area contributed by atoms with Crippen molar-refractivity contribution < 1.29 is 0 Å². The molecule has 5 heteroatoms. The molecule has 3 rings (SSSR count). The normalized spacial score (nSPS) is 11.6. The van der Waals surface area contributed by atoms with E-state index in [-0.39, 0.29) is 0 Å². The first-order valence-corrected chi connectivity index (χ1v) is 5.19. The van der Waals surface area contributed by atoms with E-state index in [1.165, 1.54) is 0 Å². The minimum absolute atomic E-state index is 0.601. The maximum absolute atomic E-state index is 4.05. The summed E-state index contributed by atoms with van der Waals surface area (Å²) in [6, 6.07) is 3.88. The van der Waals surface area contributed by atoms with Crippen LogP contribution >= 0.6 is 0 Å². The molecule has 1 N–H and O–H groups in total. The van der Waals surface area contributed by atoms with Gasteiger partial charge in [-0.05, 0) is 17.7 Å². The van der Waals surface area contributed by atoms with Crippen molar-refractivity contribution in [3.63, 3.8) is 0 Å². The molecule has 3 heterocycles. The van der Waals surface area contributed by atoms with Crippen molar-refractivity contribution in [1.29, 1.82) is 0 Å². The SMILES string of the molecule is C=Cc1cc2n3c(nnc3c1)N=CN2.CC. The fraction of sp³-hybridized carbons (Fsp3) is 0.182. The van der Waals surface area contributed by atoms with Gasteiger partial charge in [0.2, 0.25) is 0 Å². The Morgan fingerprint density at radius 2 is 2.12 bits per heavy atom. The van der Waals surface area contributed by atoms with E-state index < -0.39 is 0 Å². The highest BCUT2D eigenvalue weighted by molar-refractivity contribution is 5.81. The maximum Gasteiger partial charge on any atom is 0.258 e. The standard InChI is InChI=1S/C9H7N5.C2H6/c1-2-6-3-7-10-5-11-9-13-12-8(4-6)14(7)9;1-2/h2-5H,1H2,(H,10,11,13);1-2H3. The van der Waals surface area contributed by atoms with E-state index in [1.54, 1.807) is 12.4 Å². The molecule has 0 bridgehead atoms. The Morgan fingerprint density at radius 1 is 1.31 bits per heavy atom. The van der Waals surface area contributed by atoms with Crippen molar-refractivity contribution in [3.8, 4) is 0 Å². The van der Waals surface area contributed by atoms with Crippen LogP contribution in [-0.4, -0.2) is 20.9 Å². The van der Waals surface area contributed by atoms with Crippen molar-refractivity contribution in [2.45, 2.75) is 13.8 Å². The van der Waals surface area contributed by atoms with Gasteiger partial charge < -0.3 is 5.32 Å². The third-order valence-corrected chi connectivity index (χ3v) is 2.14. The van der Waals surface area contributed by atoms with Gasteiger partial charge in [-0.3, -0.25) is 0 Å². The molecule has 0 atom stereocenters. The second-order valence-electron chi connectivity index (χ2n) is 2.97. The van der Waals surface area contributed by atoms with E-state index >= 15 is 0 Å². The largest absolute Gasteiger partial charge is 0.332 e. The predicted molar refractivity (Wildman–Crippen MR) is 66.2 cm³/mol. The second-order valence-corrected chi connectivity index (χ2v) is 2.97. The van der Waals surface area contributed by atoms with Crippen molar-refractivity contribution in [3.05, 3.63) is 24.3 Å². The van der Waals surface area contributed by atoms with Crippen LogP contribution in [0.25, 0.3) is 11.7 Å². The number of anilines is 1. The molecule has 0 spiro atoms. The molecule has 0 aliphatic carbocycles. The highest BCUT2D eigenvalue weighted by Crippen LogP contribution is 2.23. The van der Waals surface area contributed by atoms with Crippen molar-refractivity contribution in [2.24, 2.45) is 4.99 Å². The lowest BCUT2D eigenvalue weighted by Crippen LogP contribution is -2.05. The Kier molecular flexibility index (Phi) is 2.68. The molecule has 5 nitrogen and oxygen atoms in total. The first-order chi connectivity index (χ1) is 7.88. The quantitative estimate of drug-likeness (QED) is 0.795. The summed E-state index contributed by atoms with van der Waals surface area (Å²) in [7, 11) is 0. The molecule has 0 aromatic carbocycles. The summed E-state index contributed by atoms with van der Waals surface area (Å²) in [5.74, 6) is 1.51. The highest BCUT2D eigenvalue weighted by atomic mass is 15.3. The van der Waals surface area contributed by atoms with Crippen LogP contribution in [-0.2, 0) is 0 Å². The zero-order chi connectivity index (χ0) is 11.5. The van der Waals surface area contributed by atoms with E-state index in [0.717, 1.165) is 17.0 Å². The molecule has 0 amide bonds. The highest BCUT2D eigenvalue weighted by Gasteiger charge is 2.11. The lowest BCUT2D eigenvalue weighted by Gasteiger charge is -2.09. The van der Waals surface area contributed by atoms with Crippen LogP contribution in [0.1, 0.15) is 19.4 Å². The fourth-order valence-corrected chi connectivity index (χ4v) is 1.49. The zero-order valence-corrected chi connectivity index (χ0v) is 9.31. The molecule has 2 aromatic heterocycles. The van der Waals surface area contributed by atoms with E-state index in [0.29, 0.717) is 5.95 Å². The number of pyridine rings is 1. The number of hydrogen-bond acceptors (Lipinski definition) is 4. The van der Waals surface area contributed by atoms with Gasteiger partial charge >= 0.3 is 0 Å². The van der Waals surface area contributed by atoms with Crippen molar-refractivity contribution in [1.82, 2.24) is 14.6 Å². The van der Waals surface area contributed by atoms with Crippen LogP contribution in [0, 0.1) is 0 Å². The summed E-state index contributed by atoms with van der Waals surface area (Å²) in [5.41, 5.74) is 1.78. The summed E-state index contributed by atoms with van der Waals surface area (Å²) < 4.78 is 1.85. The summed E-state index contributed by atoms with van der Waals surface area (Å²) >= 11 is 0. The lowest BCUT2D eigenvalue weighted by molar-refractivity contribution is 1.08. The number of aromatic nitrogens is 3. The minimum Gasteiger partial charge on any atom is -0.332 e. The topological polar surface area (TPSA) is 54.6 Å². The van der Waals surface area contributed by atoms with Crippen LogP contribution < -0.4 is 5.32 Å². The van der Waals surface area contributed by atoms with Gasteiger partial charge in [0, 0.05) is 0 Å². The van der Waals surface area contributed by atoms with Gasteiger partial charge in [0.1, 0.15) is 5.82 Å². The molecule has 0 saturated heterocycles. The lowest BCUT2D eigenvalue weighted by atomic mass is 10.2. The fourth-order valence-electron chi connectivity index (χ4n) is 1.49. The molecule has 0 saturated carbocycles. The van der Waals surface area contributed by atoms with Crippen LogP contribution in [0.3, 0.4) is 0 Å². The molecule has 1 aliphatic heterocycles. The third-order valence-electron chi connectivity index (χ3n) is 2.14. The van der Waals surface area contributed by atoms with E-state index in [9.17, 15) is 0 Å². The average Bonchev–Trinajstić information content (AvgIpc) is 2.77. The summed E-state index contributed by atoms with van der Waals surface area (Å²) in [6.07, 6.45) is 3.38. The van der Waals surface area contributed by atoms with Gasteiger partial charge in [-0.2, -0.15) is 0 Å². The van der Waals surface area contributed by atoms with Crippen LogP contribution in [0.15, 0.2) is 23.7 Å². The van der Waals surface area contributed by atoms with Gasteiger partial charge in [0.25, 0.3) is 5.95 Å². The molecule has 0 fully saturated rings. The van der Waals surface area contributed by atoms with Crippen LogP contribution in [0.2, 0.25) is 0 Å². The molecule has 16 heavy (non-hydrogen) atoms. The monoisotopic (exact) mass is 215 g/mol. The number of rotatable bonds is 1. The smallest absolute Gasteiger partial charge is 0.258 e. The number of nitrogens with zero attached hydrogens (tertiary/aromatic N) is 4. The van der Waals surface area contributed by atoms with Gasteiger partial charge in [0.15, 0.2) is 5.65 Å². The first kappa shape index (κ1) is 10.4. The van der Waals surface area contributed by atoms with Crippen LogP contribution in [0.5, 0.6) is 0 Å². The summed E-state index contributed by atoms with van der Waals surface area (Å²) in [6.45, 7) is 7.72.